The Morgan fingerprint density at radius 2 is 2.19 bits per heavy atom. The lowest BCUT2D eigenvalue weighted by Crippen LogP contribution is -2.47. The fraction of sp³-hybridized carbons (Fsp3) is 0.579. The van der Waals surface area contributed by atoms with Crippen molar-refractivity contribution in [1.29, 1.82) is 0 Å². The first-order valence-electron chi connectivity index (χ1n) is 9.39. The first-order valence-corrected chi connectivity index (χ1v) is 9.77. The molecule has 2 heterocycles. The second-order valence-electron chi connectivity index (χ2n) is 7.11. The minimum atomic E-state index is -0.524. The molecule has 2 aliphatic heterocycles. The Labute approximate surface area is 163 Å². The highest BCUT2D eigenvalue weighted by Crippen LogP contribution is 2.21. The van der Waals surface area contributed by atoms with Crippen molar-refractivity contribution in [2.24, 2.45) is 5.92 Å². The smallest absolute Gasteiger partial charge is 0.260 e. The van der Waals surface area contributed by atoms with Gasteiger partial charge in [-0.2, -0.15) is 0 Å². The Kier molecular flexibility index (Phi) is 6.90. The molecule has 2 amide bonds. The van der Waals surface area contributed by atoms with E-state index in [4.69, 9.17) is 16.3 Å². The first-order chi connectivity index (χ1) is 13.0. The minimum absolute atomic E-state index is 0.0366. The van der Waals surface area contributed by atoms with Crippen LogP contribution in [0.1, 0.15) is 25.7 Å². The van der Waals surface area contributed by atoms with Gasteiger partial charge in [-0.15, -0.1) is 0 Å². The number of hydrogen-bond donors (Lipinski definition) is 2. The van der Waals surface area contributed by atoms with Crippen molar-refractivity contribution in [3.05, 3.63) is 29.0 Å². The number of carbonyl (C=O) groups is 2. The summed E-state index contributed by atoms with van der Waals surface area (Å²) >= 11 is 5.71. The molecule has 1 aromatic rings. The Morgan fingerprint density at radius 3 is 2.93 bits per heavy atom. The van der Waals surface area contributed by atoms with Crippen molar-refractivity contribution >= 4 is 23.4 Å². The molecule has 0 aromatic heterocycles. The lowest BCUT2D eigenvalue weighted by atomic mass is 9.97. The van der Waals surface area contributed by atoms with Crippen LogP contribution in [0.25, 0.3) is 0 Å². The van der Waals surface area contributed by atoms with Gasteiger partial charge >= 0.3 is 0 Å². The van der Waals surface area contributed by atoms with Gasteiger partial charge in [0.05, 0.1) is 11.1 Å². The largest absolute Gasteiger partial charge is 0.484 e. The van der Waals surface area contributed by atoms with Gasteiger partial charge in [-0.3, -0.25) is 9.59 Å². The summed E-state index contributed by atoms with van der Waals surface area (Å²) in [7, 11) is 0. The number of halogens is 2. The SMILES string of the molecule is O=C(NCC1CCCN(C(=O)COc2ccc(F)c(Cl)c2)C1)C1CCCN1. The van der Waals surface area contributed by atoms with Gasteiger partial charge in [-0.05, 0) is 50.3 Å². The van der Waals surface area contributed by atoms with Gasteiger partial charge < -0.3 is 20.3 Å². The topological polar surface area (TPSA) is 70.7 Å². The van der Waals surface area contributed by atoms with E-state index in [-0.39, 0.29) is 35.4 Å². The second kappa shape index (κ2) is 9.37. The van der Waals surface area contributed by atoms with Crippen molar-refractivity contribution in [2.45, 2.75) is 31.7 Å². The predicted molar refractivity (Wildman–Crippen MR) is 100 cm³/mol. The number of nitrogens with one attached hydrogen (secondary N) is 2. The zero-order chi connectivity index (χ0) is 19.2. The molecule has 27 heavy (non-hydrogen) atoms. The van der Waals surface area contributed by atoms with Gasteiger partial charge in [0.15, 0.2) is 6.61 Å². The molecular weight excluding hydrogens is 373 g/mol. The number of rotatable bonds is 6. The monoisotopic (exact) mass is 397 g/mol. The van der Waals surface area contributed by atoms with E-state index >= 15 is 0 Å². The molecule has 2 unspecified atom stereocenters. The average molecular weight is 398 g/mol. The van der Waals surface area contributed by atoms with Crippen LogP contribution in [0.3, 0.4) is 0 Å². The first kappa shape index (κ1) is 19.9. The Hall–Kier alpha value is -1.86. The molecule has 148 valence electrons. The van der Waals surface area contributed by atoms with E-state index < -0.39 is 5.82 Å². The highest BCUT2D eigenvalue weighted by Gasteiger charge is 2.26. The van der Waals surface area contributed by atoms with Gasteiger partial charge in [0, 0.05) is 25.7 Å². The number of benzene rings is 1. The van der Waals surface area contributed by atoms with Crippen LogP contribution in [0, 0.1) is 11.7 Å². The maximum Gasteiger partial charge on any atom is 0.260 e. The lowest BCUT2D eigenvalue weighted by molar-refractivity contribution is -0.135. The van der Waals surface area contributed by atoms with Crippen molar-refractivity contribution in [3.63, 3.8) is 0 Å². The number of piperidine rings is 1. The third kappa shape index (κ3) is 5.56. The minimum Gasteiger partial charge on any atom is -0.484 e. The summed E-state index contributed by atoms with van der Waals surface area (Å²) in [6.07, 6.45) is 3.79. The van der Waals surface area contributed by atoms with Gasteiger partial charge in [-0.25, -0.2) is 4.39 Å². The molecule has 6 nitrogen and oxygen atoms in total. The fourth-order valence-corrected chi connectivity index (χ4v) is 3.71. The van der Waals surface area contributed by atoms with Gasteiger partial charge in [0.25, 0.3) is 5.91 Å². The molecule has 0 saturated carbocycles. The maximum atomic E-state index is 13.2. The van der Waals surface area contributed by atoms with Crippen LogP contribution >= 0.6 is 11.6 Å². The normalized spacial score (nSPS) is 22.5. The standard InChI is InChI=1S/C19H25ClFN3O3/c20-15-9-14(5-6-16(15)21)27-12-18(25)24-8-2-3-13(11-24)10-23-19(26)17-4-1-7-22-17/h5-6,9,13,17,22H,1-4,7-8,10-12H2,(H,23,26). The molecule has 0 radical (unpaired) electrons. The van der Waals surface area contributed by atoms with Crippen LogP contribution in [-0.2, 0) is 9.59 Å². The van der Waals surface area contributed by atoms with Crippen molar-refractivity contribution in [3.8, 4) is 5.75 Å². The molecule has 8 heteroatoms. The Morgan fingerprint density at radius 1 is 1.33 bits per heavy atom. The van der Waals surface area contributed by atoms with Gasteiger partial charge in [-0.1, -0.05) is 11.6 Å². The van der Waals surface area contributed by atoms with Crippen molar-refractivity contribution in [1.82, 2.24) is 15.5 Å². The van der Waals surface area contributed by atoms with E-state index in [1.165, 1.54) is 18.2 Å². The molecule has 2 saturated heterocycles. The number of nitrogens with zero attached hydrogens (tertiary/aromatic N) is 1. The molecule has 2 aliphatic rings. The van der Waals surface area contributed by atoms with Crippen LogP contribution in [-0.4, -0.2) is 55.5 Å². The average Bonchev–Trinajstić information content (AvgIpc) is 3.22. The number of hydrogen-bond acceptors (Lipinski definition) is 4. The summed E-state index contributed by atoms with van der Waals surface area (Å²) in [4.78, 5) is 26.3. The number of likely N-dealkylation sites (tertiary alicyclic amines) is 1. The molecule has 1 aromatic carbocycles. The van der Waals surface area contributed by atoms with E-state index in [0.717, 1.165) is 32.2 Å². The molecule has 3 rings (SSSR count). The zero-order valence-electron chi connectivity index (χ0n) is 15.2. The summed E-state index contributed by atoms with van der Waals surface area (Å²) in [6.45, 7) is 2.64. The second-order valence-corrected chi connectivity index (χ2v) is 7.51. The summed E-state index contributed by atoms with van der Waals surface area (Å²) < 4.78 is 18.6. The van der Waals surface area contributed by atoms with E-state index in [2.05, 4.69) is 10.6 Å². The van der Waals surface area contributed by atoms with Crippen molar-refractivity contribution in [2.75, 3.05) is 32.8 Å². The van der Waals surface area contributed by atoms with Crippen LogP contribution in [0.15, 0.2) is 18.2 Å². The number of amides is 2. The van der Waals surface area contributed by atoms with Crippen molar-refractivity contribution < 1.29 is 18.7 Å². The van der Waals surface area contributed by atoms with E-state index in [9.17, 15) is 14.0 Å². The maximum absolute atomic E-state index is 13.2. The zero-order valence-corrected chi connectivity index (χ0v) is 15.9. The summed E-state index contributed by atoms with van der Waals surface area (Å²) in [5, 5.41) is 6.15. The predicted octanol–water partition coefficient (Wildman–Crippen LogP) is 1.96. The molecule has 0 spiro atoms. The highest BCUT2D eigenvalue weighted by molar-refractivity contribution is 6.30. The molecule has 0 bridgehead atoms. The lowest BCUT2D eigenvalue weighted by Gasteiger charge is -2.33. The quantitative estimate of drug-likeness (QED) is 0.770. The molecule has 0 aliphatic carbocycles. The fourth-order valence-electron chi connectivity index (χ4n) is 3.54. The summed E-state index contributed by atoms with van der Waals surface area (Å²) in [5.41, 5.74) is 0. The number of ether oxygens (including phenoxy) is 1. The third-order valence-electron chi connectivity index (χ3n) is 5.07. The molecule has 2 fully saturated rings. The molecule has 2 atom stereocenters. The van der Waals surface area contributed by atoms with E-state index in [1.54, 1.807) is 4.90 Å². The molecule has 2 N–H and O–H groups in total. The van der Waals surface area contributed by atoms with E-state index in [1.807, 2.05) is 0 Å². The van der Waals surface area contributed by atoms with Gasteiger partial charge in [0.1, 0.15) is 11.6 Å². The molecular formula is C19H25ClFN3O3. The van der Waals surface area contributed by atoms with Crippen LogP contribution < -0.4 is 15.4 Å². The van der Waals surface area contributed by atoms with Crippen LogP contribution in [0.5, 0.6) is 5.75 Å². The summed E-state index contributed by atoms with van der Waals surface area (Å²) in [5.74, 6) is 0.00780. The van der Waals surface area contributed by atoms with E-state index in [0.29, 0.717) is 25.4 Å². The Balaban J connectivity index is 1.43. The van der Waals surface area contributed by atoms with Crippen LogP contribution in [0.4, 0.5) is 4.39 Å². The number of carbonyl (C=O) groups excluding carboxylic acids is 2. The summed E-state index contributed by atoms with van der Waals surface area (Å²) in [6, 6.07) is 3.93. The Bertz CT molecular complexity index is 682. The van der Waals surface area contributed by atoms with Gasteiger partial charge in [0.2, 0.25) is 5.91 Å². The third-order valence-corrected chi connectivity index (χ3v) is 5.36. The highest BCUT2D eigenvalue weighted by atomic mass is 35.5. The van der Waals surface area contributed by atoms with Crippen LogP contribution in [0.2, 0.25) is 5.02 Å².